The van der Waals surface area contributed by atoms with Crippen LogP contribution in [0.4, 0.5) is 0 Å². The van der Waals surface area contributed by atoms with Crippen molar-refractivity contribution in [1.29, 1.82) is 0 Å². The molecule has 0 spiro atoms. The van der Waals surface area contributed by atoms with Crippen LogP contribution in [-0.4, -0.2) is 19.9 Å². The van der Waals surface area contributed by atoms with E-state index in [0.717, 1.165) is 10.6 Å². The van der Waals surface area contributed by atoms with E-state index in [1.807, 2.05) is 72.1 Å². The molecule has 2 heterocycles. The van der Waals surface area contributed by atoms with Gasteiger partial charge >= 0.3 is 0 Å². The number of aromatic nitrogens is 3. The van der Waals surface area contributed by atoms with Crippen molar-refractivity contribution in [3.05, 3.63) is 82.8 Å². The van der Waals surface area contributed by atoms with Crippen molar-refractivity contribution >= 4 is 23.5 Å². The fraction of sp³-hybridized carbons (Fsp3) is 0. The summed E-state index contributed by atoms with van der Waals surface area (Å²) in [5.74, 6) is 1.38. The number of phenolic OH excluding ortho intramolecular Hbond substituents is 1. The Bertz CT molecular complexity index is 1000. The van der Waals surface area contributed by atoms with Gasteiger partial charge in [0, 0.05) is 4.88 Å². The monoisotopic (exact) mass is 345 g/mol. The van der Waals surface area contributed by atoms with E-state index in [9.17, 15) is 5.11 Å². The summed E-state index contributed by atoms with van der Waals surface area (Å²) in [6, 6.07) is 21.0. The number of thiophene rings is 1. The van der Waals surface area contributed by atoms with Gasteiger partial charge in [-0.25, -0.2) is 9.67 Å². The van der Waals surface area contributed by atoms with Crippen molar-refractivity contribution in [3.8, 4) is 22.8 Å². The zero-order valence-corrected chi connectivity index (χ0v) is 14.1. The number of phenols is 1. The summed E-state index contributed by atoms with van der Waals surface area (Å²) >= 11 is 1.66. The van der Waals surface area contributed by atoms with Crippen molar-refractivity contribution in [2.45, 2.75) is 0 Å². The maximum Gasteiger partial charge on any atom is 0.175 e. The molecule has 0 saturated carbocycles. The third-order valence-corrected chi connectivity index (χ3v) is 4.55. The van der Waals surface area contributed by atoms with Gasteiger partial charge in [0.2, 0.25) is 0 Å². The molecule has 0 amide bonds. The zero-order valence-electron chi connectivity index (χ0n) is 13.3. The predicted molar refractivity (Wildman–Crippen MR) is 102 cm³/mol. The molecule has 0 aliphatic carbocycles. The van der Waals surface area contributed by atoms with Crippen LogP contribution in [0.15, 0.2) is 72.1 Å². The molecule has 0 radical (unpaired) electrons. The Balaban J connectivity index is 1.82. The molecule has 4 nitrogen and oxygen atoms in total. The highest BCUT2D eigenvalue weighted by Crippen LogP contribution is 2.29. The summed E-state index contributed by atoms with van der Waals surface area (Å²) in [7, 11) is 0. The van der Waals surface area contributed by atoms with Gasteiger partial charge in [0.05, 0.1) is 11.3 Å². The first kappa shape index (κ1) is 15.4. The van der Waals surface area contributed by atoms with Crippen molar-refractivity contribution < 1.29 is 5.11 Å². The molecule has 0 bridgehead atoms. The quantitative estimate of drug-likeness (QED) is 0.574. The van der Waals surface area contributed by atoms with E-state index in [0.29, 0.717) is 17.2 Å². The average molecular weight is 345 g/mol. The number of aromatic hydroxyl groups is 1. The van der Waals surface area contributed by atoms with Crippen LogP contribution in [0, 0.1) is 0 Å². The third-order valence-electron chi connectivity index (χ3n) is 3.71. The van der Waals surface area contributed by atoms with Crippen molar-refractivity contribution in [2.75, 3.05) is 0 Å². The molecule has 0 unspecified atom stereocenters. The lowest BCUT2D eigenvalue weighted by Gasteiger charge is -2.06. The highest BCUT2D eigenvalue weighted by molar-refractivity contribution is 7.10. The number of rotatable bonds is 4. The van der Waals surface area contributed by atoms with Gasteiger partial charge in [0.15, 0.2) is 11.6 Å². The van der Waals surface area contributed by atoms with Crippen LogP contribution in [0.25, 0.3) is 29.2 Å². The Morgan fingerprint density at radius 2 is 1.68 bits per heavy atom. The second kappa shape index (κ2) is 6.75. The Kier molecular flexibility index (Phi) is 4.14. The van der Waals surface area contributed by atoms with Crippen LogP contribution in [0.2, 0.25) is 0 Å². The molecule has 122 valence electrons. The maximum atomic E-state index is 10.2. The molecule has 0 atom stereocenters. The highest BCUT2D eigenvalue weighted by atomic mass is 32.1. The predicted octanol–water partition coefficient (Wildman–Crippen LogP) is 4.87. The van der Waals surface area contributed by atoms with Gasteiger partial charge in [-0.05, 0) is 47.9 Å². The first-order valence-corrected chi connectivity index (χ1v) is 8.72. The van der Waals surface area contributed by atoms with E-state index >= 15 is 0 Å². The molecule has 4 aromatic rings. The van der Waals surface area contributed by atoms with E-state index in [1.165, 1.54) is 0 Å². The second-order valence-electron chi connectivity index (χ2n) is 5.41. The minimum atomic E-state index is 0.181. The van der Waals surface area contributed by atoms with E-state index in [-0.39, 0.29) is 5.75 Å². The van der Waals surface area contributed by atoms with E-state index in [1.54, 1.807) is 28.2 Å². The summed E-state index contributed by atoms with van der Waals surface area (Å²) in [6.45, 7) is 0. The number of para-hydroxylation sites is 2. The van der Waals surface area contributed by atoms with Crippen LogP contribution in [0.5, 0.6) is 5.75 Å². The van der Waals surface area contributed by atoms with Gasteiger partial charge in [-0.1, -0.05) is 36.4 Å². The molecule has 0 fully saturated rings. The molecule has 25 heavy (non-hydrogen) atoms. The van der Waals surface area contributed by atoms with E-state index in [2.05, 4.69) is 10.1 Å². The number of hydrogen-bond donors (Lipinski definition) is 1. The van der Waals surface area contributed by atoms with Crippen LogP contribution in [-0.2, 0) is 0 Å². The zero-order chi connectivity index (χ0) is 17.1. The molecular weight excluding hydrogens is 330 g/mol. The molecule has 1 N–H and O–H groups in total. The molecule has 0 aliphatic rings. The smallest absolute Gasteiger partial charge is 0.175 e. The number of hydrogen-bond acceptors (Lipinski definition) is 4. The molecule has 2 aromatic carbocycles. The lowest BCUT2D eigenvalue weighted by molar-refractivity contribution is 0.476. The standard InChI is InChI=1S/C20H15N3OS/c24-18-11-5-4-10-17(18)20-21-19(13-12-16-9-6-14-25-16)22-23(20)15-7-2-1-3-8-15/h1-14,24H. The van der Waals surface area contributed by atoms with Crippen LogP contribution >= 0.6 is 11.3 Å². The Hall–Kier alpha value is -3.18. The van der Waals surface area contributed by atoms with Crippen LogP contribution in [0.1, 0.15) is 10.7 Å². The Morgan fingerprint density at radius 1 is 0.880 bits per heavy atom. The van der Waals surface area contributed by atoms with Crippen LogP contribution < -0.4 is 0 Å². The summed E-state index contributed by atoms with van der Waals surface area (Å²) in [6.07, 6.45) is 3.87. The maximum absolute atomic E-state index is 10.2. The highest BCUT2D eigenvalue weighted by Gasteiger charge is 2.15. The normalized spacial score (nSPS) is 11.2. The Morgan fingerprint density at radius 3 is 2.44 bits per heavy atom. The van der Waals surface area contributed by atoms with Gasteiger partial charge in [-0.2, -0.15) is 0 Å². The summed E-state index contributed by atoms with van der Waals surface area (Å²) in [5, 5.41) is 16.9. The molecular formula is C20H15N3OS. The van der Waals surface area contributed by atoms with Gasteiger partial charge in [-0.3, -0.25) is 0 Å². The van der Waals surface area contributed by atoms with Gasteiger partial charge in [0.1, 0.15) is 5.75 Å². The van der Waals surface area contributed by atoms with Crippen molar-refractivity contribution in [3.63, 3.8) is 0 Å². The fourth-order valence-electron chi connectivity index (χ4n) is 2.53. The lowest BCUT2D eigenvalue weighted by Crippen LogP contribution is -1.99. The lowest BCUT2D eigenvalue weighted by atomic mass is 10.2. The average Bonchev–Trinajstić information content (AvgIpc) is 3.31. The number of benzene rings is 2. The SMILES string of the molecule is Oc1ccccc1-c1nc(C=Cc2cccs2)nn1-c1ccccc1. The second-order valence-corrected chi connectivity index (χ2v) is 6.39. The summed E-state index contributed by atoms with van der Waals surface area (Å²) in [4.78, 5) is 5.77. The van der Waals surface area contributed by atoms with Crippen molar-refractivity contribution in [2.24, 2.45) is 0 Å². The third kappa shape index (κ3) is 3.22. The molecule has 2 aromatic heterocycles. The fourth-order valence-corrected chi connectivity index (χ4v) is 3.15. The number of nitrogens with zero attached hydrogens (tertiary/aromatic N) is 3. The van der Waals surface area contributed by atoms with Crippen molar-refractivity contribution in [1.82, 2.24) is 14.8 Å². The topological polar surface area (TPSA) is 50.9 Å². The largest absolute Gasteiger partial charge is 0.507 e. The van der Waals surface area contributed by atoms with Gasteiger partial charge < -0.3 is 5.11 Å². The Labute approximate surface area is 149 Å². The minimum Gasteiger partial charge on any atom is -0.507 e. The minimum absolute atomic E-state index is 0.181. The molecule has 0 saturated heterocycles. The first-order valence-electron chi connectivity index (χ1n) is 7.84. The van der Waals surface area contributed by atoms with Gasteiger partial charge in [0.25, 0.3) is 0 Å². The summed E-state index contributed by atoms with van der Waals surface area (Å²) < 4.78 is 1.75. The molecule has 5 heteroatoms. The summed E-state index contributed by atoms with van der Waals surface area (Å²) in [5.41, 5.74) is 1.54. The first-order chi connectivity index (χ1) is 12.3. The molecule has 4 rings (SSSR count). The van der Waals surface area contributed by atoms with Gasteiger partial charge in [-0.15, -0.1) is 16.4 Å². The van der Waals surface area contributed by atoms with E-state index < -0.39 is 0 Å². The molecule has 0 aliphatic heterocycles. The van der Waals surface area contributed by atoms with Crippen LogP contribution in [0.3, 0.4) is 0 Å². The van der Waals surface area contributed by atoms with E-state index in [4.69, 9.17) is 0 Å².